The molecule has 0 atom stereocenters. The second kappa shape index (κ2) is 7.14. The molecule has 4 aromatic rings. The molecule has 1 aliphatic rings. The van der Waals surface area contributed by atoms with E-state index in [0.717, 1.165) is 22.0 Å². The lowest BCUT2D eigenvalue weighted by Crippen LogP contribution is -2.32. The van der Waals surface area contributed by atoms with Crippen LogP contribution >= 0.6 is 0 Å². The van der Waals surface area contributed by atoms with E-state index < -0.39 is 20.6 Å². The number of aryl methyl sites for hydroxylation is 1. The van der Waals surface area contributed by atoms with Crippen molar-refractivity contribution in [1.82, 2.24) is 20.2 Å². The number of aromatic nitrogens is 4. The van der Waals surface area contributed by atoms with Crippen LogP contribution in [-0.2, 0) is 22.9 Å². The Kier molecular flexibility index (Phi) is 4.61. The number of aromatic hydroxyl groups is 1. The molecular formula is C22H22FN5O3S. The minimum Gasteiger partial charge on any atom is -0.505 e. The first kappa shape index (κ1) is 20.7. The van der Waals surface area contributed by atoms with Gasteiger partial charge in [-0.2, -0.15) is 5.10 Å². The molecule has 1 saturated carbocycles. The molecule has 32 heavy (non-hydrogen) atoms. The summed E-state index contributed by atoms with van der Waals surface area (Å²) in [4.78, 5) is 7.54. The van der Waals surface area contributed by atoms with Gasteiger partial charge in [0.05, 0.1) is 10.3 Å². The van der Waals surface area contributed by atoms with Crippen molar-refractivity contribution in [1.29, 1.82) is 0 Å². The Bertz CT molecular complexity index is 1450. The van der Waals surface area contributed by atoms with Gasteiger partial charge in [-0.05, 0) is 60.2 Å². The Morgan fingerprint density at radius 3 is 2.72 bits per heavy atom. The predicted molar refractivity (Wildman–Crippen MR) is 119 cm³/mol. The van der Waals surface area contributed by atoms with Crippen molar-refractivity contribution in [2.24, 2.45) is 5.14 Å². The van der Waals surface area contributed by atoms with Crippen LogP contribution in [0.25, 0.3) is 33.5 Å². The monoisotopic (exact) mass is 455 g/mol. The van der Waals surface area contributed by atoms with Crippen molar-refractivity contribution in [2.45, 2.75) is 37.4 Å². The summed E-state index contributed by atoms with van der Waals surface area (Å²) in [5.41, 5.74) is 4.38. The first-order valence-electron chi connectivity index (χ1n) is 10.3. The fourth-order valence-corrected chi connectivity index (χ4v) is 5.18. The number of H-pyrrole nitrogens is 2. The summed E-state index contributed by atoms with van der Waals surface area (Å²) in [6, 6.07) is 8.41. The standard InChI is InChI=1S/C22H22FN5O3S/c1-2-12-8-19(29)17(23)9-16(12)13-3-4-15-18(7-13)27-28-20(15)21-25-11-14(26-21)10-22(5-6-22)32(24,30)31/h3-4,7-9,11,29H,2,5-6,10H2,1H3,(H,25,26)(H,27,28)(H2,24,30,31). The van der Waals surface area contributed by atoms with Crippen molar-refractivity contribution in [3.63, 3.8) is 0 Å². The van der Waals surface area contributed by atoms with Crippen molar-refractivity contribution in [3.05, 3.63) is 53.6 Å². The van der Waals surface area contributed by atoms with E-state index in [-0.39, 0.29) is 12.2 Å². The molecule has 2 aromatic heterocycles. The van der Waals surface area contributed by atoms with Gasteiger partial charge in [0.2, 0.25) is 10.0 Å². The number of fused-ring (bicyclic) bond motifs is 1. The number of halogens is 1. The maximum atomic E-state index is 14.0. The number of benzene rings is 2. The summed E-state index contributed by atoms with van der Waals surface area (Å²) < 4.78 is 36.8. The molecule has 0 saturated heterocycles. The number of nitrogens with one attached hydrogen (secondary N) is 2. The Morgan fingerprint density at radius 1 is 1.25 bits per heavy atom. The third-order valence-corrected chi connectivity index (χ3v) is 7.96. The van der Waals surface area contributed by atoms with E-state index in [9.17, 15) is 17.9 Å². The normalized spacial score (nSPS) is 15.3. The van der Waals surface area contributed by atoms with E-state index in [2.05, 4.69) is 20.2 Å². The van der Waals surface area contributed by atoms with Crippen LogP contribution in [0.1, 0.15) is 31.0 Å². The number of primary sulfonamides is 1. The molecule has 2 aromatic carbocycles. The number of aromatic amines is 2. The largest absolute Gasteiger partial charge is 0.505 e. The van der Waals surface area contributed by atoms with Gasteiger partial charge in [0.25, 0.3) is 0 Å². The molecule has 166 valence electrons. The highest BCUT2D eigenvalue weighted by Crippen LogP contribution is 2.44. The van der Waals surface area contributed by atoms with E-state index >= 15 is 0 Å². The van der Waals surface area contributed by atoms with Crippen molar-refractivity contribution in [2.75, 3.05) is 0 Å². The van der Waals surface area contributed by atoms with Crippen LogP contribution in [0.5, 0.6) is 5.75 Å². The fourth-order valence-electron chi connectivity index (χ4n) is 4.15. The van der Waals surface area contributed by atoms with Crippen LogP contribution in [0, 0.1) is 5.82 Å². The van der Waals surface area contributed by atoms with Crippen molar-refractivity contribution < 1.29 is 17.9 Å². The van der Waals surface area contributed by atoms with E-state index in [1.165, 1.54) is 12.1 Å². The number of imidazole rings is 1. The molecule has 0 aliphatic heterocycles. The zero-order valence-corrected chi connectivity index (χ0v) is 18.1. The van der Waals surface area contributed by atoms with E-state index in [1.807, 2.05) is 25.1 Å². The Labute approximate surface area is 183 Å². The number of phenols is 1. The summed E-state index contributed by atoms with van der Waals surface area (Å²) in [6.45, 7) is 1.94. The first-order valence-corrected chi connectivity index (χ1v) is 11.8. The summed E-state index contributed by atoms with van der Waals surface area (Å²) in [7, 11) is -3.62. The molecule has 0 amide bonds. The van der Waals surface area contributed by atoms with Gasteiger partial charge in [-0.25, -0.2) is 22.9 Å². The van der Waals surface area contributed by atoms with Gasteiger partial charge in [-0.1, -0.05) is 13.0 Å². The SMILES string of the molecule is CCc1cc(O)c(F)cc1-c1ccc2c(-c3ncc(CC4(S(N)(=O)=O)CC4)[nH]3)n[nH]c2c1. The molecule has 0 spiro atoms. The van der Waals surface area contributed by atoms with Crippen LogP contribution in [0.3, 0.4) is 0 Å². The minimum absolute atomic E-state index is 0.289. The van der Waals surface area contributed by atoms with Crippen LogP contribution in [0.4, 0.5) is 4.39 Å². The van der Waals surface area contributed by atoms with E-state index in [1.54, 1.807) is 6.20 Å². The second-order valence-electron chi connectivity index (χ2n) is 8.31. The number of nitrogens with two attached hydrogens (primary N) is 1. The van der Waals surface area contributed by atoms with Gasteiger partial charge in [0.1, 0.15) is 5.69 Å². The van der Waals surface area contributed by atoms with Gasteiger partial charge in [0, 0.05) is 23.7 Å². The second-order valence-corrected chi connectivity index (χ2v) is 10.3. The lowest BCUT2D eigenvalue weighted by atomic mass is 9.96. The number of phenolic OH excluding ortho intramolecular Hbond substituents is 1. The van der Waals surface area contributed by atoms with Crippen LogP contribution in [-0.4, -0.2) is 38.4 Å². The predicted octanol–water partition coefficient (Wildman–Crippen LogP) is 3.39. The highest BCUT2D eigenvalue weighted by molar-refractivity contribution is 7.90. The zero-order chi connectivity index (χ0) is 22.7. The molecule has 1 aliphatic carbocycles. The van der Waals surface area contributed by atoms with Crippen molar-refractivity contribution in [3.8, 4) is 28.4 Å². The molecule has 0 bridgehead atoms. The molecule has 8 nitrogen and oxygen atoms in total. The third kappa shape index (κ3) is 3.35. The Balaban J connectivity index is 1.49. The summed E-state index contributed by atoms with van der Waals surface area (Å²) in [5.74, 6) is -0.507. The molecule has 1 fully saturated rings. The number of sulfonamides is 1. The van der Waals surface area contributed by atoms with Crippen LogP contribution < -0.4 is 5.14 Å². The maximum Gasteiger partial charge on any atom is 0.215 e. The van der Waals surface area contributed by atoms with Crippen LogP contribution in [0.15, 0.2) is 36.5 Å². The summed E-state index contributed by atoms with van der Waals surface area (Å²) >= 11 is 0. The number of hydrogen-bond acceptors (Lipinski definition) is 5. The zero-order valence-electron chi connectivity index (χ0n) is 17.3. The highest BCUT2D eigenvalue weighted by atomic mass is 32.2. The minimum atomic E-state index is -3.62. The molecule has 10 heteroatoms. The van der Waals surface area contributed by atoms with E-state index in [4.69, 9.17) is 5.14 Å². The summed E-state index contributed by atoms with van der Waals surface area (Å²) in [6.07, 6.45) is 3.64. The average Bonchev–Trinajstić information content (AvgIpc) is 3.22. The number of nitrogens with zero attached hydrogens (tertiary/aromatic N) is 2. The van der Waals surface area contributed by atoms with Gasteiger partial charge in [-0.15, -0.1) is 0 Å². The van der Waals surface area contributed by atoms with Gasteiger partial charge in [0.15, 0.2) is 17.4 Å². The highest BCUT2D eigenvalue weighted by Gasteiger charge is 2.53. The van der Waals surface area contributed by atoms with Gasteiger partial charge >= 0.3 is 0 Å². The lowest BCUT2D eigenvalue weighted by molar-refractivity contribution is 0.432. The summed E-state index contributed by atoms with van der Waals surface area (Å²) in [5, 5.41) is 23.2. The molecule has 5 N–H and O–H groups in total. The molecule has 5 rings (SSSR count). The Morgan fingerprint density at radius 2 is 2.03 bits per heavy atom. The van der Waals surface area contributed by atoms with Crippen molar-refractivity contribution >= 4 is 20.9 Å². The number of rotatable bonds is 6. The third-order valence-electron chi connectivity index (χ3n) is 6.20. The quantitative estimate of drug-likeness (QED) is 0.353. The number of hydrogen-bond donors (Lipinski definition) is 4. The van der Waals surface area contributed by atoms with Crippen LogP contribution in [0.2, 0.25) is 0 Å². The molecular weight excluding hydrogens is 433 g/mol. The smallest absolute Gasteiger partial charge is 0.215 e. The fraction of sp³-hybridized carbons (Fsp3) is 0.273. The molecule has 0 radical (unpaired) electrons. The average molecular weight is 456 g/mol. The first-order chi connectivity index (χ1) is 15.2. The topological polar surface area (TPSA) is 138 Å². The van der Waals surface area contributed by atoms with E-state index in [0.29, 0.717) is 42.0 Å². The van der Waals surface area contributed by atoms with Gasteiger partial charge in [-0.3, -0.25) is 5.10 Å². The molecule has 2 heterocycles. The van der Waals surface area contributed by atoms with Gasteiger partial charge < -0.3 is 10.1 Å². The molecule has 0 unspecified atom stereocenters. The Hall–Kier alpha value is -3.24. The maximum absolute atomic E-state index is 14.0. The lowest BCUT2D eigenvalue weighted by Gasteiger charge is -2.10.